The van der Waals surface area contributed by atoms with Crippen molar-refractivity contribution in [1.82, 2.24) is 5.32 Å². The van der Waals surface area contributed by atoms with Crippen LogP contribution in [0.5, 0.6) is 0 Å². The van der Waals surface area contributed by atoms with Crippen LogP contribution in [-0.2, 0) is 9.53 Å². The van der Waals surface area contributed by atoms with E-state index in [1.165, 1.54) is 0 Å². The lowest BCUT2D eigenvalue weighted by atomic mass is 9.83. The molecular weight excluding hydrogens is 328 g/mol. The van der Waals surface area contributed by atoms with Gasteiger partial charge < -0.3 is 15.0 Å². The average molecular weight is 358 g/mol. The summed E-state index contributed by atoms with van der Waals surface area (Å²) in [4.78, 5) is 27.2. The maximum absolute atomic E-state index is 13.3. The van der Waals surface area contributed by atoms with E-state index in [1.807, 2.05) is 44.2 Å². The molecule has 0 aliphatic rings. The summed E-state index contributed by atoms with van der Waals surface area (Å²) >= 11 is 0. The zero-order chi connectivity index (χ0) is 20.0. The van der Waals surface area contributed by atoms with Gasteiger partial charge in [-0.05, 0) is 32.9 Å². The fourth-order valence-electron chi connectivity index (χ4n) is 2.32. The lowest BCUT2D eigenvalue weighted by Crippen LogP contribution is -2.56. The van der Waals surface area contributed by atoms with E-state index in [2.05, 4.69) is 18.5 Å². The van der Waals surface area contributed by atoms with Gasteiger partial charge in [-0.2, -0.15) is 0 Å². The molecule has 5 heteroatoms. The van der Waals surface area contributed by atoms with Gasteiger partial charge in [0.05, 0.1) is 0 Å². The van der Waals surface area contributed by atoms with Gasteiger partial charge in [-0.25, -0.2) is 4.79 Å². The first-order chi connectivity index (χ1) is 12.0. The van der Waals surface area contributed by atoms with E-state index in [0.29, 0.717) is 6.54 Å². The van der Waals surface area contributed by atoms with Gasteiger partial charge in [0.1, 0.15) is 11.6 Å². The number of benzene rings is 1. The molecule has 5 nitrogen and oxygen atoms in total. The molecule has 1 N–H and O–H groups in total. The Morgan fingerprint density at radius 1 is 1.15 bits per heavy atom. The molecule has 0 heterocycles. The largest absolute Gasteiger partial charge is 0.444 e. The van der Waals surface area contributed by atoms with Gasteiger partial charge in [0.25, 0.3) is 5.91 Å². The molecule has 1 aromatic carbocycles. The van der Waals surface area contributed by atoms with Crippen molar-refractivity contribution in [3.05, 3.63) is 55.6 Å². The van der Waals surface area contributed by atoms with Crippen LogP contribution >= 0.6 is 0 Å². The third kappa shape index (κ3) is 6.06. The molecule has 1 unspecified atom stereocenters. The molecule has 142 valence electrons. The number of nitrogens with zero attached hydrogens (tertiary/aromatic N) is 1. The summed E-state index contributed by atoms with van der Waals surface area (Å²) in [7, 11) is 0. The van der Waals surface area contributed by atoms with Crippen LogP contribution in [0.2, 0.25) is 0 Å². The molecule has 0 aromatic heterocycles. The third-order valence-corrected chi connectivity index (χ3v) is 3.82. The zero-order valence-electron chi connectivity index (χ0n) is 16.4. The highest BCUT2D eigenvalue weighted by atomic mass is 16.6. The van der Waals surface area contributed by atoms with E-state index in [4.69, 9.17) is 4.74 Å². The number of anilines is 1. The highest BCUT2D eigenvalue weighted by molar-refractivity contribution is 5.99. The molecule has 2 amide bonds. The topological polar surface area (TPSA) is 58.6 Å². The molecule has 0 saturated heterocycles. The lowest BCUT2D eigenvalue weighted by Gasteiger charge is -2.35. The summed E-state index contributed by atoms with van der Waals surface area (Å²) in [5.41, 5.74) is -0.605. The summed E-state index contributed by atoms with van der Waals surface area (Å²) in [5, 5.41) is 2.72. The Balaban J connectivity index is 3.19. The zero-order valence-corrected chi connectivity index (χ0v) is 16.4. The highest BCUT2D eigenvalue weighted by Gasteiger charge is 2.38. The van der Waals surface area contributed by atoms with Gasteiger partial charge in [0.2, 0.25) is 0 Å². The van der Waals surface area contributed by atoms with Crippen molar-refractivity contribution in [1.29, 1.82) is 0 Å². The van der Waals surface area contributed by atoms with Gasteiger partial charge in [0, 0.05) is 17.6 Å². The van der Waals surface area contributed by atoms with Gasteiger partial charge in [-0.1, -0.05) is 44.2 Å². The second-order valence-electron chi connectivity index (χ2n) is 7.68. The number of alkyl carbamates (subject to hydrolysis) is 1. The van der Waals surface area contributed by atoms with Gasteiger partial charge >= 0.3 is 6.09 Å². The first-order valence-corrected chi connectivity index (χ1v) is 8.62. The molecule has 1 rings (SSSR count). The molecule has 1 aromatic rings. The number of hydrogen-bond donors (Lipinski definition) is 1. The lowest BCUT2D eigenvalue weighted by molar-refractivity contribution is -0.122. The molecule has 0 aliphatic carbocycles. The van der Waals surface area contributed by atoms with E-state index >= 15 is 0 Å². The summed E-state index contributed by atoms with van der Waals surface area (Å²) < 4.78 is 5.33. The van der Waals surface area contributed by atoms with Crippen LogP contribution in [0.25, 0.3) is 0 Å². The van der Waals surface area contributed by atoms with Crippen LogP contribution in [0, 0.1) is 5.41 Å². The summed E-state index contributed by atoms with van der Waals surface area (Å²) in [6.45, 7) is 16.9. The maximum atomic E-state index is 13.3. The third-order valence-electron chi connectivity index (χ3n) is 3.82. The van der Waals surface area contributed by atoms with Crippen molar-refractivity contribution in [2.45, 2.75) is 46.3 Å². The highest BCUT2D eigenvalue weighted by Crippen LogP contribution is 2.26. The first-order valence-electron chi connectivity index (χ1n) is 8.62. The molecule has 0 saturated carbocycles. The average Bonchev–Trinajstić information content (AvgIpc) is 2.56. The number of amides is 2. The second-order valence-corrected chi connectivity index (χ2v) is 7.68. The van der Waals surface area contributed by atoms with Crippen LogP contribution in [0.15, 0.2) is 55.6 Å². The summed E-state index contributed by atoms with van der Waals surface area (Å²) in [6, 6.07) is 8.43. The number of nitrogens with one attached hydrogen (secondary N) is 1. The quantitative estimate of drug-likeness (QED) is 0.739. The van der Waals surface area contributed by atoms with Gasteiger partial charge in [-0.15, -0.1) is 13.2 Å². The van der Waals surface area contributed by atoms with Crippen molar-refractivity contribution in [3.63, 3.8) is 0 Å². The van der Waals surface area contributed by atoms with E-state index in [-0.39, 0.29) is 5.91 Å². The SMILES string of the molecule is C=CCN(C(=O)C(NC(=O)OC(C)(C)C)C(C)(C)C=C)c1ccccc1. The van der Waals surface area contributed by atoms with Gasteiger partial charge in [-0.3, -0.25) is 4.79 Å². The molecule has 26 heavy (non-hydrogen) atoms. The Bertz CT molecular complexity index is 645. The minimum atomic E-state index is -0.838. The minimum Gasteiger partial charge on any atom is -0.444 e. The minimum absolute atomic E-state index is 0.258. The number of ether oxygens (including phenoxy) is 1. The molecule has 0 spiro atoms. The Morgan fingerprint density at radius 3 is 2.19 bits per heavy atom. The van der Waals surface area contributed by atoms with E-state index in [9.17, 15) is 9.59 Å². The van der Waals surface area contributed by atoms with E-state index in [1.54, 1.807) is 37.8 Å². The number of carbonyl (C=O) groups is 2. The Morgan fingerprint density at radius 2 is 1.73 bits per heavy atom. The van der Waals surface area contributed by atoms with Crippen molar-refractivity contribution < 1.29 is 14.3 Å². The normalized spacial score (nSPS) is 12.7. The number of hydrogen-bond acceptors (Lipinski definition) is 3. The van der Waals surface area contributed by atoms with Gasteiger partial charge in [0.15, 0.2) is 0 Å². The van der Waals surface area contributed by atoms with E-state index < -0.39 is 23.2 Å². The Hall–Kier alpha value is -2.56. The fraction of sp³-hybridized carbons (Fsp3) is 0.429. The van der Waals surface area contributed by atoms with E-state index in [0.717, 1.165) is 5.69 Å². The van der Waals surface area contributed by atoms with Crippen LogP contribution in [-0.4, -0.2) is 30.2 Å². The van der Waals surface area contributed by atoms with Crippen LogP contribution in [0.4, 0.5) is 10.5 Å². The van der Waals surface area contributed by atoms with Crippen LogP contribution in [0.3, 0.4) is 0 Å². The number of carbonyl (C=O) groups excluding carboxylic acids is 2. The molecule has 0 aliphatic heterocycles. The monoisotopic (exact) mass is 358 g/mol. The second kappa shape index (κ2) is 8.70. The molecular formula is C21H30N2O3. The smallest absolute Gasteiger partial charge is 0.408 e. The molecule has 0 fully saturated rings. The first kappa shape index (κ1) is 21.5. The standard InChI is InChI=1S/C21H30N2O3/c1-8-15-23(16-13-11-10-12-14-16)18(24)17(21(6,7)9-2)22-19(25)26-20(3,4)5/h8-14,17H,1-2,15H2,3-7H3,(H,22,25). The number of rotatable bonds is 7. The maximum Gasteiger partial charge on any atom is 0.408 e. The number of para-hydroxylation sites is 1. The van der Waals surface area contributed by atoms with Crippen molar-refractivity contribution >= 4 is 17.7 Å². The van der Waals surface area contributed by atoms with Crippen molar-refractivity contribution in [3.8, 4) is 0 Å². The molecule has 0 radical (unpaired) electrons. The van der Waals surface area contributed by atoms with Crippen LogP contribution < -0.4 is 10.2 Å². The van der Waals surface area contributed by atoms with Crippen molar-refractivity contribution in [2.75, 3.05) is 11.4 Å². The van der Waals surface area contributed by atoms with Crippen LogP contribution in [0.1, 0.15) is 34.6 Å². The molecule has 0 bridgehead atoms. The predicted molar refractivity (Wildman–Crippen MR) is 106 cm³/mol. The fourth-order valence-corrected chi connectivity index (χ4v) is 2.32. The molecule has 1 atom stereocenters. The Labute approximate surface area is 156 Å². The summed E-state index contributed by atoms with van der Waals surface area (Å²) in [5.74, 6) is -0.258. The van der Waals surface area contributed by atoms with Crippen molar-refractivity contribution in [2.24, 2.45) is 5.41 Å². The predicted octanol–water partition coefficient (Wildman–Crippen LogP) is 4.31. The Kier molecular flexibility index (Phi) is 7.19. The summed E-state index contributed by atoms with van der Waals surface area (Å²) in [6.07, 6.45) is 2.66.